The summed E-state index contributed by atoms with van der Waals surface area (Å²) in [7, 11) is 0. The minimum atomic E-state index is -0.874. The van der Waals surface area contributed by atoms with E-state index in [0.717, 1.165) is 31.7 Å². The van der Waals surface area contributed by atoms with Crippen molar-refractivity contribution in [3.63, 3.8) is 0 Å². The van der Waals surface area contributed by atoms with Gasteiger partial charge in [-0.3, -0.25) is 4.79 Å². The molecule has 6 heteroatoms. The Kier molecular flexibility index (Phi) is 4.95. The van der Waals surface area contributed by atoms with Crippen LogP contribution in [0.15, 0.2) is 18.2 Å². The van der Waals surface area contributed by atoms with E-state index in [0.29, 0.717) is 0 Å². The van der Waals surface area contributed by atoms with Gasteiger partial charge in [0, 0.05) is 11.1 Å². The number of nitrogens with one attached hydrogen (secondary N) is 1. The third kappa shape index (κ3) is 3.93. The average Bonchev–Trinajstić information content (AvgIpc) is 2.89. The standard InChI is InChI=1S/C14H15ClFNO3/c15-9-5-6-11(12(16)7-9)14(19)20-8-13(18)17-10-3-1-2-4-10/h5-7,10H,1-4,8H2,(H,17,18). The molecule has 0 heterocycles. The summed E-state index contributed by atoms with van der Waals surface area (Å²) in [6.07, 6.45) is 4.10. The fourth-order valence-electron chi connectivity index (χ4n) is 2.20. The molecule has 0 spiro atoms. The van der Waals surface area contributed by atoms with Crippen LogP contribution < -0.4 is 5.32 Å². The number of amides is 1. The van der Waals surface area contributed by atoms with Crippen molar-refractivity contribution in [2.75, 3.05) is 6.61 Å². The molecule has 4 nitrogen and oxygen atoms in total. The highest BCUT2D eigenvalue weighted by Crippen LogP contribution is 2.18. The van der Waals surface area contributed by atoms with Crippen molar-refractivity contribution in [2.24, 2.45) is 0 Å². The van der Waals surface area contributed by atoms with Gasteiger partial charge in [0.25, 0.3) is 5.91 Å². The molecule has 2 rings (SSSR count). The van der Waals surface area contributed by atoms with Crippen LogP contribution in [0.4, 0.5) is 4.39 Å². The van der Waals surface area contributed by atoms with Gasteiger partial charge in [-0.25, -0.2) is 9.18 Å². The molecule has 0 aliphatic heterocycles. The summed E-state index contributed by atoms with van der Waals surface area (Å²) in [5.41, 5.74) is -0.233. The molecule has 0 bridgehead atoms. The molecule has 1 aliphatic rings. The highest BCUT2D eigenvalue weighted by atomic mass is 35.5. The van der Waals surface area contributed by atoms with Crippen molar-refractivity contribution in [3.8, 4) is 0 Å². The molecule has 20 heavy (non-hydrogen) atoms. The number of benzene rings is 1. The van der Waals surface area contributed by atoms with Gasteiger partial charge in [0.15, 0.2) is 6.61 Å². The molecular weight excluding hydrogens is 285 g/mol. The van der Waals surface area contributed by atoms with Crippen molar-refractivity contribution in [2.45, 2.75) is 31.7 Å². The topological polar surface area (TPSA) is 55.4 Å². The van der Waals surface area contributed by atoms with Crippen molar-refractivity contribution >= 4 is 23.5 Å². The Bertz CT molecular complexity index is 515. The van der Waals surface area contributed by atoms with Gasteiger partial charge >= 0.3 is 5.97 Å². The van der Waals surface area contributed by atoms with Gasteiger partial charge in [0.05, 0.1) is 5.56 Å². The number of hydrogen-bond acceptors (Lipinski definition) is 3. The van der Waals surface area contributed by atoms with Gasteiger partial charge in [-0.2, -0.15) is 0 Å². The number of ether oxygens (including phenoxy) is 1. The van der Waals surface area contributed by atoms with E-state index in [4.69, 9.17) is 16.3 Å². The Labute approximate surface area is 121 Å². The van der Waals surface area contributed by atoms with Gasteiger partial charge in [0.2, 0.25) is 0 Å². The third-order valence-electron chi connectivity index (χ3n) is 3.21. The molecule has 1 aromatic rings. The molecule has 0 atom stereocenters. The molecule has 1 aromatic carbocycles. The molecule has 1 aliphatic carbocycles. The second-order valence-electron chi connectivity index (χ2n) is 4.75. The maximum atomic E-state index is 13.5. The van der Waals surface area contributed by atoms with Crippen LogP contribution in [0.1, 0.15) is 36.0 Å². The van der Waals surface area contributed by atoms with E-state index < -0.39 is 18.4 Å². The predicted molar refractivity (Wildman–Crippen MR) is 72.1 cm³/mol. The van der Waals surface area contributed by atoms with Crippen LogP contribution in [0, 0.1) is 5.82 Å². The first-order chi connectivity index (χ1) is 9.56. The Morgan fingerprint density at radius 1 is 1.35 bits per heavy atom. The van der Waals surface area contributed by atoms with E-state index in [9.17, 15) is 14.0 Å². The van der Waals surface area contributed by atoms with Gasteiger partial charge < -0.3 is 10.1 Å². The summed E-state index contributed by atoms with van der Waals surface area (Å²) < 4.78 is 18.3. The zero-order chi connectivity index (χ0) is 14.5. The minimum Gasteiger partial charge on any atom is -0.452 e. The summed E-state index contributed by atoms with van der Waals surface area (Å²) in [6, 6.07) is 3.80. The first kappa shape index (κ1) is 14.8. The summed E-state index contributed by atoms with van der Waals surface area (Å²) >= 11 is 5.59. The van der Waals surface area contributed by atoms with E-state index in [1.165, 1.54) is 12.1 Å². The number of carbonyl (C=O) groups excluding carboxylic acids is 2. The Morgan fingerprint density at radius 3 is 2.70 bits per heavy atom. The van der Waals surface area contributed by atoms with Crippen LogP contribution in [-0.2, 0) is 9.53 Å². The third-order valence-corrected chi connectivity index (χ3v) is 3.44. The summed E-state index contributed by atoms with van der Waals surface area (Å²) in [5.74, 6) is -2.00. The van der Waals surface area contributed by atoms with Crippen LogP contribution in [0.5, 0.6) is 0 Å². The fourth-order valence-corrected chi connectivity index (χ4v) is 2.36. The molecule has 108 valence electrons. The summed E-state index contributed by atoms with van der Waals surface area (Å²) in [6.45, 7) is -0.405. The molecule has 0 unspecified atom stereocenters. The van der Waals surface area contributed by atoms with Crippen molar-refractivity contribution < 1.29 is 18.7 Å². The maximum absolute atomic E-state index is 13.5. The Balaban J connectivity index is 1.83. The number of hydrogen-bond donors (Lipinski definition) is 1. The number of halogens is 2. The van der Waals surface area contributed by atoms with Gasteiger partial charge in [-0.1, -0.05) is 24.4 Å². The SMILES string of the molecule is O=C(COC(=O)c1ccc(Cl)cc1F)NC1CCCC1. The van der Waals surface area contributed by atoms with E-state index in [-0.39, 0.29) is 22.5 Å². The van der Waals surface area contributed by atoms with Crippen LogP contribution in [0.25, 0.3) is 0 Å². The Morgan fingerprint density at radius 2 is 2.05 bits per heavy atom. The second kappa shape index (κ2) is 6.70. The number of rotatable bonds is 4. The molecule has 1 fully saturated rings. The van der Waals surface area contributed by atoms with Crippen LogP contribution in [0.3, 0.4) is 0 Å². The lowest BCUT2D eigenvalue weighted by Crippen LogP contribution is -2.35. The van der Waals surface area contributed by atoms with Crippen molar-refractivity contribution in [3.05, 3.63) is 34.6 Å². The van der Waals surface area contributed by atoms with Gasteiger partial charge in [0.1, 0.15) is 5.82 Å². The molecule has 0 aromatic heterocycles. The highest BCUT2D eigenvalue weighted by molar-refractivity contribution is 6.30. The van der Waals surface area contributed by atoms with Gasteiger partial charge in [-0.05, 0) is 31.0 Å². The predicted octanol–water partition coefficient (Wildman–Crippen LogP) is 2.69. The largest absolute Gasteiger partial charge is 0.452 e. The molecule has 0 saturated heterocycles. The first-order valence-corrected chi connectivity index (χ1v) is 6.85. The molecule has 1 N–H and O–H groups in total. The van der Waals surface area contributed by atoms with Crippen LogP contribution in [-0.4, -0.2) is 24.5 Å². The van der Waals surface area contributed by atoms with E-state index in [1.54, 1.807) is 0 Å². The quantitative estimate of drug-likeness (QED) is 0.870. The lowest BCUT2D eigenvalue weighted by Gasteiger charge is -2.12. The lowest BCUT2D eigenvalue weighted by atomic mass is 10.2. The smallest absolute Gasteiger partial charge is 0.341 e. The molecule has 1 amide bonds. The van der Waals surface area contributed by atoms with Crippen molar-refractivity contribution in [1.29, 1.82) is 0 Å². The number of carbonyl (C=O) groups is 2. The fraction of sp³-hybridized carbons (Fsp3) is 0.429. The highest BCUT2D eigenvalue weighted by Gasteiger charge is 2.19. The van der Waals surface area contributed by atoms with Crippen LogP contribution in [0.2, 0.25) is 5.02 Å². The molecule has 0 radical (unpaired) electrons. The zero-order valence-corrected chi connectivity index (χ0v) is 11.6. The van der Waals surface area contributed by atoms with E-state index in [1.807, 2.05) is 0 Å². The average molecular weight is 300 g/mol. The Hall–Kier alpha value is -1.62. The van der Waals surface area contributed by atoms with E-state index in [2.05, 4.69) is 5.32 Å². The van der Waals surface area contributed by atoms with Crippen molar-refractivity contribution in [1.82, 2.24) is 5.32 Å². The maximum Gasteiger partial charge on any atom is 0.341 e. The van der Waals surface area contributed by atoms with Gasteiger partial charge in [-0.15, -0.1) is 0 Å². The monoisotopic (exact) mass is 299 g/mol. The molecular formula is C14H15ClFNO3. The van der Waals surface area contributed by atoms with E-state index >= 15 is 0 Å². The summed E-state index contributed by atoms with van der Waals surface area (Å²) in [5, 5.41) is 2.97. The lowest BCUT2D eigenvalue weighted by molar-refractivity contribution is -0.124. The minimum absolute atomic E-state index is 0.161. The normalized spacial score (nSPS) is 15.1. The summed E-state index contributed by atoms with van der Waals surface area (Å²) in [4.78, 5) is 23.2. The van der Waals surface area contributed by atoms with Crippen LogP contribution >= 0.6 is 11.6 Å². The zero-order valence-electron chi connectivity index (χ0n) is 10.8. The molecule has 1 saturated carbocycles. The second-order valence-corrected chi connectivity index (χ2v) is 5.19. The number of esters is 1. The first-order valence-electron chi connectivity index (χ1n) is 6.48.